The van der Waals surface area contributed by atoms with E-state index in [4.69, 9.17) is 14.6 Å². The molecule has 1 atom stereocenters. The SMILES string of the molecule is COCOC(CCO)c1ccc([N+](=O)[O-])cc1. The Bertz CT molecular complexity index is 351. The Hall–Kier alpha value is -1.50. The largest absolute Gasteiger partial charge is 0.396 e. The summed E-state index contributed by atoms with van der Waals surface area (Å²) in [7, 11) is 1.51. The Balaban J connectivity index is 2.75. The maximum Gasteiger partial charge on any atom is 0.269 e. The third-order valence-electron chi connectivity index (χ3n) is 2.25. The Kier molecular flexibility index (Phi) is 5.55. The summed E-state index contributed by atoms with van der Waals surface area (Å²) in [5, 5.41) is 19.4. The van der Waals surface area contributed by atoms with Gasteiger partial charge in [-0.05, 0) is 17.7 Å². The van der Waals surface area contributed by atoms with E-state index in [-0.39, 0.29) is 25.2 Å². The smallest absolute Gasteiger partial charge is 0.269 e. The molecule has 0 bridgehead atoms. The van der Waals surface area contributed by atoms with Gasteiger partial charge in [0.05, 0.1) is 11.0 Å². The van der Waals surface area contributed by atoms with Crippen molar-refractivity contribution in [3.8, 4) is 0 Å². The lowest BCUT2D eigenvalue weighted by molar-refractivity contribution is -0.384. The Morgan fingerprint density at radius 1 is 1.41 bits per heavy atom. The highest BCUT2D eigenvalue weighted by molar-refractivity contribution is 5.33. The third-order valence-corrected chi connectivity index (χ3v) is 2.25. The van der Waals surface area contributed by atoms with Gasteiger partial charge in [0.2, 0.25) is 0 Å². The number of non-ortho nitro benzene ring substituents is 1. The number of nitrogens with zero attached hydrogens (tertiary/aromatic N) is 1. The average molecular weight is 241 g/mol. The Labute approximate surface area is 98.9 Å². The fraction of sp³-hybridized carbons (Fsp3) is 0.455. The maximum atomic E-state index is 10.5. The second kappa shape index (κ2) is 6.95. The standard InChI is InChI=1S/C11H15NO5/c1-16-8-17-11(6-7-13)9-2-4-10(5-3-9)12(14)15/h2-5,11,13H,6-8H2,1H3. The Morgan fingerprint density at radius 2 is 2.06 bits per heavy atom. The predicted molar refractivity (Wildman–Crippen MR) is 60.5 cm³/mol. The number of aliphatic hydroxyl groups excluding tert-OH is 1. The van der Waals surface area contributed by atoms with Crippen LogP contribution in [0.5, 0.6) is 0 Å². The minimum Gasteiger partial charge on any atom is -0.396 e. The van der Waals surface area contributed by atoms with Crippen LogP contribution in [0.3, 0.4) is 0 Å². The number of nitro groups is 1. The summed E-state index contributed by atoms with van der Waals surface area (Å²) in [5.41, 5.74) is 0.810. The van der Waals surface area contributed by atoms with E-state index < -0.39 is 4.92 Å². The number of aliphatic hydroxyl groups is 1. The molecule has 0 saturated heterocycles. The topological polar surface area (TPSA) is 81.8 Å². The summed E-state index contributed by atoms with van der Waals surface area (Å²) in [4.78, 5) is 10.0. The number of hydrogen-bond donors (Lipinski definition) is 1. The third kappa shape index (κ3) is 4.10. The molecule has 0 heterocycles. The first-order chi connectivity index (χ1) is 8.19. The molecule has 17 heavy (non-hydrogen) atoms. The molecule has 0 amide bonds. The van der Waals surface area contributed by atoms with Crippen molar-refractivity contribution in [3.05, 3.63) is 39.9 Å². The van der Waals surface area contributed by atoms with Crippen LogP contribution in [0.2, 0.25) is 0 Å². The first-order valence-corrected chi connectivity index (χ1v) is 5.14. The van der Waals surface area contributed by atoms with Gasteiger partial charge in [-0.15, -0.1) is 0 Å². The lowest BCUT2D eigenvalue weighted by Gasteiger charge is -2.16. The highest BCUT2D eigenvalue weighted by Crippen LogP contribution is 2.23. The van der Waals surface area contributed by atoms with Gasteiger partial charge < -0.3 is 14.6 Å². The number of rotatable bonds is 7. The van der Waals surface area contributed by atoms with Crippen molar-refractivity contribution in [1.29, 1.82) is 0 Å². The van der Waals surface area contributed by atoms with Crippen LogP contribution in [-0.2, 0) is 9.47 Å². The molecular weight excluding hydrogens is 226 g/mol. The Morgan fingerprint density at radius 3 is 2.53 bits per heavy atom. The molecule has 6 nitrogen and oxygen atoms in total. The van der Waals surface area contributed by atoms with E-state index in [1.807, 2.05) is 0 Å². The molecule has 0 fully saturated rings. The van der Waals surface area contributed by atoms with Gasteiger partial charge in [0.15, 0.2) is 0 Å². The second-order valence-electron chi connectivity index (χ2n) is 3.42. The van der Waals surface area contributed by atoms with Crippen molar-refractivity contribution in [2.45, 2.75) is 12.5 Å². The summed E-state index contributed by atoms with van der Waals surface area (Å²) < 4.78 is 10.2. The number of methoxy groups -OCH3 is 1. The van der Waals surface area contributed by atoms with E-state index in [0.29, 0.717) is 6.42 Å². The van der Waals surface area contributed by atoms with Gasteiger partial charge in [-0.25, -0.2) is 0 Å². The molecule has 6 heteroatoms. The molecule has 0 spiro atoms. The van der Waals surface area contributed by atoms with Crippen molar-refractivity contribution in [2.75, 3.05) is 20.5 Å². The van der Waals surface area contributed by atoms with Crippen LogP contribution in [0.15, 0.2) is 24.3 Å². The van der Waals surface area contributed by atoms with E-state index in [0.717, 1.165) is 5.56 Å². The summed E-state index contributed by atoms with van der Waals surface area (Å²) in [6.07, 6.45) is 0.0991. The normalized spacial score (nSPS) is 12.4. The van der Waals surface area contributed by atoms with Gasteiger partial charge in [-0.2, -0.15) is 0 Å². The van der Waals surface area contributed by atoms with Gasteiger partial charge in [0.25, 0.3) is 5.69 Å². The molecular formula is C11H15NO5. The highest BCUT2D eigenvalue weighted by Gasteiger charge is 2.13. The number of benzene rings is 1. The van der Waals surface area contributed by atoms with Gasteiger partial charge in [-0.3, -0.25) is 10.1 Å². The van der Waals surface area contributed by atoms with E-state index in [1.54, 1.807) is 12.1 Å². The first-order valence-electron chi connectivity index (χ1n) is 5.14. The molecule has 1 unspecified atom stereocenters. The van der Waals surface area contributed by atoms with Crippen LogP contribution < -0.4 is 0 Å². The molecule has 0 saturated carbocycles. The molecule has 0 aliphatic heterocycles. The lowest BCUT2D eigenvalue weighted by Crippen LogP contribution is -2.08. The van der Waals surface area contributed by atoms with Crippen LogP contribution in [0, 0.1) is 10.1 Å². The van der Waals surface area contributed by atoms with E-state index in [9.17, 15) is 10.1 Å². The van der Waals surface area contributed by atoms with Crippen LogP contribution in [0.4, 0.5) is 5.69 Å². The zero-order valence-electron chi connectivity index (χ0n) is 9.54. The number of hydrogen-bond acceptors (Lipinski definition) is 5. The van der Waals surface area contributed by atoms with Gasteiger partial charge >= 0.3 is 0 Å². The van der Waals surface area contributed by atoms with Gasteiger partial charge in [-0.1, -0.05) is 0 Å². The van der Waals surface area contributed by atoms with Crippen molar-refractivity contribution in [3.63, 3.8) is 0 Å². The fourth-order valence-corrected chi connectivity index (χ4v) is 1.42. The zero-order valence-corrected chi connectivity index (χ0v) is 9.54. The lowest BCUT2D eigenvalue weighted by atomic mass is 10.1. The fourth-order valence-electron chi connectivity index (χ4n) is 1.42. The van der Waals surface area contributed by atoms with Crippen LogP contribution in [-0.4, -0.2) is 30.5 Å². The van der Waals surface area contributed by atoms with Crippen LogP contribution in [0.1, 0.15) is 18.1 Å². The van der Waals surface area contributed by atoms with E-state index in [1.165, 1.54) is 19.2 Å². The molecule has 1 N–H and O–H groups in total. The van der Waals surface area contributed by atoms with E-state index in [2.05, 4.69) is 0 Å². The minimum absolute atomic E-state index is 0.0225. The molecule has 94 valence electrons. The minimum atomic E-state index is -0.457. The molecule has 1 aromatic carbocycles. The molecule has 1 rings (SSSR count). The van der Waals surface area contributed by atoms with Crippen LogP contribution in [0.25, 0.3) is 0 Å². The average Bonchev–Trinajstić information content (AvgIpc) is 2.34. The summed E-state index contributed by atoms with van der Waals surface area (Å²) in [6.45, 7) is 0.0903. The van der Waals surface area contributed by atoms with Crippen LogP contribution >= 0.6 is 0 Å². The van der Waals surface area contributed by atoms with Gasteiger partial charge in [0.1, 0.15) is 6.79 Å². The summed E-state index contributed by atoms with van der Waals surface area (Å²) >= 11 is 0. The van der Waals surface area contributed by atoms with Gasteiger partial charge in [0, 0.05) is 32.3 Å². The van der Waals surface area contributed by atoms with E-state index >= 15 is 0 Å². The van der Waals surface area contributed by atoms with Crippen molar-refractivity contribution < 1.29 is 19.5 Å². The predicted octanol–water partition coefficient (Wildman–Crippen LogP) is 1.64. The maximum absolute atomic E-state index is 10.5. The molecule has 0 aliphatic rings. The van der Waals surface area contributed by atoms with Crippen molar-refractivity contribution >= 4 is 5.69 Å². The molecule has 1 aromatic rings. The molecule has 0 aromatic heterocycles. The summed E-state index contributed by atoms with van der Waals surface area (Å²) in [6, 6.07) is 6.06. The van der Waals surface area contributed by atoms with Crippen molar-refractivity contribution in [2.24, 2.45) is 0 Å². The molecule has 0 aliphatic carbocycles. The monoisotopic (exact) mass is 241 g/mol. The summed E-state index contributed by atoms with van der Waals surface area (Å²) in [5.74, 6) is 0. The zero-order chi connectivity index (χ0) is 12.7. The molecule has 0 radical (unpaired) electrons. The quantitative estimate of drug-likeness (QED) is 0.446. The first kappa shape index (κ1) is 13.6. The highest BCUT2D eigenvalue weighted by atomic mass is 16.7. The number of ether oxygens (including phenoxy) is 2. The second-order valence-corrected chi connectivity index (χ2v) is 3.42. The van der Waals surface area contributed by atoms with Crippen molar-refractivity contribution in [1.82, 2.24) is 0 Å². The number of nitro benzene ring substituents is 1.